The lowest BCUT2D eigenvalue weighted by Gasteiger charge is -2.19. The molecule has 0 aromatic heterocycles. The molecule has 0 bridgehead atoms. The number of carbonyl (C=O) groups excluding carboxylic acids is 1. The molecule has 1 N–H and O–H groups in total. The van der Waals surface area contributed by atoms with E-state index in [0.29, 0.717) is 6.42 Å². The maximum atomic E-state index is 12.5. The largest absolute Gasteiger partial charge is 0.481 e. The van der Waals surface area contributed by atoms with E-state index >= 15 is 0 Å². The quantitative estimate of drug-likeness (QED) is 0.772. The average molecular weight is 329 g/mol. The Morgan fingerprint density at radius 3 is 2.43 bits per heavy atom. The van der Waals surface area contributed by atoms with E-state index in [1.54, 1.807) is 11.8 Å². The fraction of sp³-hybridized carbons (Fsp3) is 0.316. The van der Waals surface area contributed by atoms with Crippen LogP contribution < -0.4 is 10.1 Å². The number of ether oxygens (including phenoxy) is 1. The van der Waals surface area contributed by atoms with Crippen LogP contribution in [0, 0.1) is 13.8 Å². The minimum atomic E-state index is -0.508. The Labute approximate surface area is 142 Å². The molecule has 0 aliphatic rings. The van der Waals surface area contributed by atoms with E-state index in [2.05, 4.69) is 11.4 Å². The Hall–Kier alpha value is -1.94. The third kappa shape index (κ3) is 4.76. The number of aryl methyl sites for hydroxylation is 2. The minimum Gasteiger partial charge on any atom is -0.481 e. The van der Waals surface area contributed by atoms with Crippen LogP contribution in [-0.2, 0) is 4.79 Å². The number of nitrogens with one attached hydrogen (secondary N) is 1. The third-order valence-electron chi connectivity index (χ3n) is 3.50. The van der Waals surface area contributed by atoms with Gasteiger partial charge in [-0.25, -0.2) is 0 Å². The number of anilines is 1. The normalized spacial score (nSPS) is 11.8. The Bertz CT molecular complexity index is 665. The van der Waals surface area contributed by atoms with Crippen molar-refractivity contribution in [2.75, 3.05) is 11.6 Å². The lowest BCUT2D eigenvalue weighted by atomic mass is 10.1. The molecule has 1 amide bonds. The molecule has 0 aliphatic carbocycles. The van der Waals surface area contributed by atoms with Gasteiger partial charge in [0.2, 0.25) is 0 Å². The van der Waals surface area contributed by atoms with Gasteiger partial charge in [-0.2, -0.15) is 0 Å². The zero-order valence-electron chi connectivity index (χ0n) is 14.1. The topological polar surface area (TPSA) is 38.3 Å². The first-order valence-corrected chi connectivity index (χ1v) is 8.94. The van der Waals surface area contributed by atoms with Crippen molar-refractivity contribution in [2.45, 2.75) is 38.2 Å². The van der Waals surface area contributed by atoms with Gasteiger partial charge in [0.1, 0.15) is 5.75 Å². The zero-order valence-corrected chi connectivity index (χ0v) is 14.9. The molecular formula is C19H23NO2S. The molecule has 0 spiro atoms. The summed E-state index contributed by atoms with van der Waals surface area (Å²) >= 11 is 1.61. The van der Waals surface area contributed by atoms with Crippen LogP contribution in [0.15, 0.2) is 47.4 Å². The first-order valence-electron chi connectivity index (χ1n) is 7.72. The molecule has 1 atom stereocenters. The summed E-state index contributed by atoms with van der Waals surface area (Å²) in [4.78, 5) is 13.6. The number of amides is 1. The van der Waals surface area contributed by atoms with Crippen LogP contribution in [0.1, 0.15) is 24.5 Å². The van der Waals surface area contributed by atoms with E-state index < -0.39 is 6.10 Å². The molecule has 0 heterocycles. The minimum absolute atomic E-state index is 0.117. The van der Waals surface area contributed by atoms with Crippen LogP contribution in [0.2, 0.25) is 0 Å². The molecule has 0 radical (unpaired) electrons. The molecule has 2 aromatic rings. The lowest BCUT2D eigenvalue weighted by Crippen LogP contribution is -2.32. The predicted octanol–water partition coefficient (Wildman–Crippen LogP) is 4.82. The molecule has 23 heavy (non-hydrogen) atoms. The van der Waals surface area contributed by atoms with Gasteiger partial charge in [-0.1, -0.05) is 25.1 Å². The SMILES string of the molecule is CC[C@H](Oc1cc(C)cc(C)c1)C(=O)Nc1ccccc1SC. The summed E-state index contributed by atoms with van der Waals surface area (Å²) in [5.74, 6) is 0.621. The summed E-state index contributed by atoms with van der Waals surface area (Å²) in [6.45, 7) is 6.00. The van der Waals surface area contributed by atoms with Gasteiger partial charge in [0.25, 0.3) is 5.91 Å². The molecule has 4 heteroatoms. The van der Waals surface area contributed by atoms with Gasteiger partial charge in [-0.15, -0.1) is 11.8 Å². The highest BCUT2D eigenvalue weighted by molar-refractivity contribution is 7.98. The first kappa shape index (κ1) is 17.4. The fourth-order valence-corrected chi connectivity index (χ4v) is 3.00. The maximum absolute atomic E-state index is 12.5. The number of hydrogen-bond acceptors (Lipinski definition) is 3. The van der Waals surface area contributed by atoms with Gasteiger partial charge in [0, 0.05) is 4.90 Å². The summed E-state index contributed by atoms with van der Waals surface area (Å²) in [7, 11) is 0. The van der Waals surface area contributed by atoms with Crippen LogP contribution >= 0.6 is 11.8 Å². The summed E-state index contributed by atoms with van der Waals surface area (Å²) in [5, 5.41) is 2.98. The highest BCUT2D eigenvalue weighted by Crippen LogP contribution is 2.25. The second kappa shape index (κ2) is 8.06. The van der Waals surface area contributed by atoms with E-state index in [-0.39, 0.29) is 5.91 Å². The molecule has 3 nitrogen and oxygen atoms in total. The second-order valence-electron chi connectivity index (χ2n) is 5.53. The molecule has 2 aromatic carbocycles. The van der Waals surface area contributed by atoms with Gasteiger partial charge in [-0.05, 0) is 61.9 Å². The predicted molar refractivity (Wildman–Crippen MR) is 97.5 cm³/mol. The van der Waals surface area contributed by atoms with Crippen molar-refractivity contribution in [3.63, 3.8) is 0 Å². The maximum Gasteiger partial charge on any atom is 0.265 e. The summed E-state index contributed by atoms with van der Waals surface area (Å²) in [6.07, 6.45) is 2.10. The van der Waals surface area contributed by atoms with E-state index in [0.717, 1.165) is 27.5 Å². The fourth-order valence-electron chi connectivity index (χ4n) is 2.45. The van der Waals surface area contributed by atoms with Crippen LogP contribution in [0.5, 0.6) is 5.75 Å². The number of hydrogen-bond donors (Lipinski definition) is 1. The van der Waals surface area contributed by atoms with Crippen LogP contribution in [0.3, 0.4) is 0 Å². The molecule has 0 saturated heterocycles. The zero-order chi connectivity index (χ0) is 16.8. The molecule has 0 aliphatic heterocycles. The van der Waals surface area contributed by atoms with Gasteiger partial charge in [0.15, 0.2) is 6.10 Å². The monoisotopic (exact) mass is 329 g/mol. The van der Waals surface area contributed by atoms with Gasteiger partial charge >= 0.3 is 0 Å². The highest BCUT2D eigenvalue weighted by atomic mass is 32.2. The number of rotatable bonds is 6. The number of para-hydroxylation sites is 1. The van der Waals surface area contributed by atoms with Crippen molar-refractivity contribution < 1.29 is 9.53 Å². The van der Waals surface area contributed by atoms with Crippen LogP contribution in [0.25, 0.3) is 0 Å². The highest BCUT2D eigenvalue weighted by Gasteiger charge is 2.19. The van der Waals surface area contributed by atoms with Gasteiger partial charge < -0.3 is 10.1 Å². The first-order chi connectivity index (χ1) is 11.0. The molecule has 0 unspecified atom stereocenters. The van der Waals surface area contributed by atoms with Crippen molar-refractivity contribution in [1.29, 1.82) is 0 Å². The molecule has 0 saturated carbocycles. The van der Waals surface area contributed by atoms with Crippen molar-refractivity contribution >= 4 is 23.4 Å². The van der Waals surface area contributed by atoms with Crippen molar-refractivity contribution in [3.8, 4) is 5.75 Å². The Balaban J connectivity index is 2.12. The van der Waals surface area contributed by atoms with E-state index in [4.69, 9.17) is 4.74 Å². The number of thioether (sulfide) groups is 1. The van der Waals surface area contributed by atoms with Crippen molar-refractivity contribution in [1.82, 2.24) is 0 Å². The Morgan fingerprint density at radius 2 is 1.83 bits per heavy atom. The molecule has 2 rings (SSSR count). The summed E-state index contributed by atoms with van der Waals surface area (Å²) < 4.78 is 5.91. The Kier molecular flexibility index (Phi) is 6.11. The number of carbonyl (C=O) groups is 1. The standard InChI is InChI=1S/C19H23NO2S/c1-5-17(22-15-11-13(2)10-14(3)12-15)19(21)20-16-8-6-7-9-18(16)23-4/h6-12,17H,5H2,1-4H3,(H,20,21)/t17-/m0/s1. The molecular weight excluding hydrogens is 306 g/mol. The lowest BCUT2D eigenvalue weighted by molar-refractivity contribution is -0.122. The van der Waals surface area contributed by atoms with Crippen LogP contribution in [-0.4, -0.2) is 18.3 Å². The summed E-state index contributed by atoms with van der Waals surface area (Å²) in [5.41, 5.74) is 3.08. The smallest absolute Gasteiger partial charge is 0.265 e. The summed E-state index contributed by atoms with van der Waals surface area (Å²) in [6, 6.07) is 13.8. The third-order valence-corrected chi connectivity index (χ3v) is 4.30. The average Bonchev–Trinajstić information content (AvgIpc) is 2.52. The van der Waals surface area contributed by atoms with E-state index in [9.17, 15) is 4.79 Å². The van der Waals surface area contributed by atoms with Crippen molar-refractivity contribution in [2.24, 2.45) is 0 Å². The Morgan fingerprint density at radius 1 is 1.17 bits per heavy atom. The van der Waals surface area contributed by atoms with E-state index in [1.807, 2.05) is 63.4 Å². The number of benzene rings is 2. The molecule has 122 valence electrons. The van der Waals surface area contributed by atoms with Gasteiger partial charge in [0.05, 0.1) is 5.69 Å². The van der Waals surface area contributed by atoms with Crippen LogP contribution in [0.4, 0.5) is 5.69 Å². The van der Waals surface area contributed by atoms with E-state index in [1.165, 1.54) is 0 Å². The molecule has 0 fully saturated rings. The second-order valence-corrected chi connectivity index (χ2v) is 6.38. The van der Waals surface area contributed by atoms with Crippen molar-refractivity contribution in [3.05, 3.63) is 53.6 Å². The van der Waals surface area contributed by atoms with Gasteiger partial charge in [-0.3, -0.25) is 4.79 Å².